The number of aromatic nitrogens is 3. The van der Waals surface area contributed by atoms with Crippen molar-refractivity contribution in [2.45, 2.75) is 31.3 Å². The van der Waals surface area contributed by atoms with E-state index in [-0.39, 0.29) is 11.6 Å². The van der Waals surface area contributed by atoms with Crippen LogP contribution in [0.4, 0.5) is 10.7 Å². The van der Waals surface area contributed by atoms with Gasteiger partial charge in [-0.1, -0.05) is 41.1 Å². The molecule has 1 atom stereocenters. The van der Waals surface area contributed by atoms with E-state index in [0.29, 0.717) is 39.1 Å². The Balaban J connectivity index is 1.27. The van der Waals surface area contributed by atoms with Crippen LogP contribution < -0.4 is 5.32 Å². The number of fused-ring (bicyclic) bond motifs is 1. The van der Waals surface area contributed by atoms with Gasteiger partial charge in [0.1, 0.15) is 20.5 Å². The van der Waals surface area contributed by atoms with Gasteiger partial charge in [-0.3, -0.25) is 10.1 Å². The van der Waals surface area contributed by atoms with Gasteiger partial charge in [-0.25, -0.2) is 19.7 Å². The number of halogens is 1. The number of anilines is 1. The summed E-state index contributed by atoms with van der Waals surface area (Å²) in [4.78, 5) is 36.6. The van der Waals surface area contributed by atoms with Gasteiger partial charge in [-0.05, 0) is 37.7 Å². The molecule has 0 spiro atoms. The maximum atomic E-state index is 12.3. The number of rotatable bonds is 5. The van der Waals surface area contributed by atoms with Crippen LogP contribution in [-0.2, 0) is 14.9 Å². The first-order chi connectivity index (χ1) is 16.4. The van der Waals surface area contributed by atoms with Gasteiger partial charge >= 0.3 is 12.1 Å². The fraction of sp³-hybridized carbons (Fsp3) is 0.227. The van der Waals surface area contributed by atoms with Crippen molar-refractivity contribution in [1.82, 2.24) is 15.0 Å². The van der Waals surface area contributed by atoms with Crippen LogP contribution in [0.25, 0.3) is 9.66 Å². The second-order valence-corrected chi connectivity index (χ2v) is 10.2. The number of hydrogen-bond acceptors (Lipinski definition) is 9. The number of carbonyl (C=O) groups is 2. The van der Waals surface area contributed by atoms with Crippen molar-refractivity contribution in [3.05, 3.63) is 57.0 Å². The summed E-state index contributed by atoms with van der Waals surface area (Å²) < 4.78 is 11.4. The Labute approximate surface area is 205 Å². The first kappa shape index (κ1) is 22.3. The molecule has 4 aromatic rings. The number of carboxylic acids is 1. The van der Waals surface area contributed by atoms with Gasteiger partial charge in [0.25, 0.3) is 0 Å². The molecule has 3 heterocycles. The van der Waals surface area contributed by atoms with Crippen molar-refractivity contribution in [3.8, 4) is 11.8 Å². The van der Waals surface area contributed by atoms with E-state index in [2.05, 4.69) is 32.1 Å². The Morgan fingerprint density at radius 3 is 2.76 bits per heavy atom. The van der Waals surface area contributed by atoms with Gasteiger partial charge < -0.3 is 14.3 Å². The number of carboxylic acid groups (broad SMARTS) is 1. The highest BCUT2D eigenvalue weighted by Crippen LogP contribution is 2.51. The molecule has 172 valence electrons. The summed E-state index contributed by atoms with van der Waals surface area (Å²) in [6.45, 7) is 1.71. The number of ether oxygens (including phenoxy) is 1. The molecule has 1 amide bonds. The van der Waals surface area contributed by atoms with Crippen LogP contribution in [0.3, 0.4) is 0 Å². The largest absolute Gasteiger partial charge is 0.481 e. The number of nitrogens with zero attached hydrogens (tertiary/aromatic N) is 3. The Bertz CT molecular complexity index is 1450. The lowest BCUT2D eigenvalue weighted by molar-refractivity contribution is -0.140. The molecule has 0 saturated heterocycles. The predicted molar refractivity (Wildman–Crippen MR) is 126 cm³/mol. The fourth-order valence-corrected chi connectivity index (χ4v) is 5.73. The molecule has 12 heteroatoms. The standard InChI is InChI=1S/C22H15ClN4O5S2/c1-11(12-4-2-3-5-13(12)23)32-21(30)27-17-14(24-10-31-17)6-7-15-25-16-18(33-15)34-19(26-16)22(8-9-22)20(28)29/h2-5,10-11H,8-9H2,1H3,(H,27,30)(H,28,29). The van der Waals surface area contributed by atoms with Crippen molar-refractivity contribution in [3.63, 3.8) is 0 Å². The summed E-state index contributed by atoms with van der Waals surface area (Å²) in [5.41, 5.74) is 0.513. The van der Waals surface area contributed by atoms with Crippen LogP contribution in [0.2, 0.25) is 5.02 Å². The molecule has 1 aliphatic rings. The van der Waals surface area contributed by atoms with E-state index in [9.17, 15) is 14.7 Å². The van der Waals surface area contributed by atoms with E-state index >= 15 is 0 Å². The summed E-state index contributed by atoms with van der Waals surface area (Å²) in [6.07, 6.45) is 1.02. The van der Waals surface area contributed by atoms with Crippen molar-refractivity contribution < 1.29 is 23.8 Å². The molecule has 2 N–H and O–H groups in total. The molecule has 5 rings (SSSR count). The van der Waals surface area contributed by atoms with Crippen LogP contribution in [0.15, 0.2) is 35.1 Å². The third-order valence-electron chi connectivity index (χ3n) is 5.24. The van der Waals surface area contributed by atoms with Crippen molar-refractivity contribution >= 4 is 61.9 Å². The summed E-state index contributed by atoms with van der Waals surface area (Å²) in [5.74, 6) is 4.90. The van der Waals surface area contributed by atoms with E-state index in [1.165, 1.54) is 22.7 Å². The number of oxazole rings is 1. The van der Waals surface area contributed by atoms with Crippen LogP contribution in [0, 0.1) is 11.8 Å². The van der Waals surface area contributed by atoms with Gasteiger partial charge in [0.2, 0.25) is 5.88 Å². The third kappa shape index (κ3) is 4.23. The molecule has 34 heavy (non-hydrogen) atoms. The van der Waals surface area contributed by atoms with Crippen LogP contribution >= 0.6 is 34.3 Å². The van der Waals surface area contributed by atoms with Gasteiger partial charge in [-0.2, -0.15) is 0 Å². The molecule has 1 aliphatic carbocycles. The van der Waals surface area contributed by atoms with Crippen molar-refractivity contribution in [2.24, 2.45) is 0 Å². The van der Waals surface area contributed by atoms with Crippen molar-refractivity contribution in [1.29, 1.82) is 0 Å². The molecular formula is C22H15ClN4O5S2. The molecule has 9 nitrogen and oxygen atoms in total. The minimum atomic E-state index is -0.851. The van der Waals surface area contributed by atoms with E-state index in [0.717, 1.165) is 10.4 Å². The molecule has 1 saturated carbocycles. The van der Waals surface area contributed by atoms with Crippen LogP contribution in [0.5, 0.6) is 0 Å². The molecule has 0 aliphatic heterocycles. The highest BCUT2D eigenvalue weighted by Gasteiger charge is 2.54. The molecule has 3 aromatic heterocycles. The summed E-state index contributed by atoms with van der Waals surface area (Å²) >= 11 is 8.80. The Morgan fingerprint density at radius 1 is 1.26 bits per heavy atom. The second-order valence-electron chi connectivity index (χ2n) is 7.51. The first-order valence-corrected chi connectivity index (χ1v) is 12.1. The Hall–Kier alpha value is -3.46. The average molecular weight is 515 g/mol. The van der Waals surface area contributed by atoms with Gasteiger partial charge in [-0.15, -0.1) is 11.3 Å². The zero-order valence-corrected chi connectivity index (χ0v) is 19.9. The maximum absolute atomic E-state index is 12.3. The normalized spacial score (nSPS) is 14.8. The fourth-order valence-electron chi connectivity index (χ4n) is 3.23. The minimum absolute atomic E-state index is 0.0415. The number of aliphatic carboxylic acids is 1. The Kier molecular flexibility index (Phi) is 5.73. The lowest BCUT2D eigenvalue weighted by atomic mass is 10.1. The third-order valence-corrected chi connectivity index (χ3v) is 7.89. The molecule has 1 unspecified atom stereocenters. The van der Waals surface area contributed by atoms with Crippen LogP contribution in [-0.4, -0.2) is 32.1 Å². The van der Waals surface area contributed by atoms with Gasteiger partial charge in [0, 0.05) is 10.6 Å². The van der Waals surface area contributed by atoms with E-state index in [1.54, 1.807) is 31.2 Å². The number of hydrogen-bond donors (Lipinski definition) is 2. The quantitative estimate of drug-likeness (QED) is 0.347. The molecule has 0 bridgehead atoms. The average Bonchev–Trinajstić information content (AvgIpc) is 3.12. The molecular weight excluding hydrogens is 500 g/mol. The number of amides is 1. The minimum Gasteiger partial charge on any atom is -0.481 e. The smallest absolute Gasteiger partial charge is 0.414 e. The number of thiazole rings is 2. The van der Waals surface area contributed by atoms with E-state index in [1.807, 2.05) is 0 Å². The lowest BCUT2D eigenvalue weighted by Crippen LogP contribution is -2.18. The molecule has 1 fully saturated rings. The SMILES string of the molecule is CC(OC(=O)Nc1ocnc1C#Cc1nc2nc(C3(C(=O)O)CC3)sc2s1)c1ccccc1Cl. The monoisotopic (exact) mass is 514 g/mol. The maximum Gasteiger partial charge on any atom is 0.414 e. The number of carbonyl (C=O) groups excluding carboxylic acids is 1. The Morgan fingerprint density at radius 2 is 2.06 bits per heavy atom. The molecule has 1 aromatic carbocycles. The topological polar surface area (TPSA) is 127 Å². The van der Waals surface area contributed by atoms with Gasteiger partial charge in [0.05, 0.1) is 0 Å². The second kappa shape index (κ2) is 8.72. The van der Waals surface area contributed by atoms with Crippen molar-refractivity contribution in [2.75, 3.05) is 5.32 Å². The number of nitrogens with one attached hydrogen (secondary N) is 1. The lowest BCUT2D eigenvalue weighted by Gasteiger charge is -2.14. The summed E-state index contributed by atoms with van der Waals surface area (Å²) in [7, 11) is 0. The predicted octanol–water partition coefficient (Wildman–Crippen LogP) is 5.22. The highest BCUT2D eigenvalue weighted by molar-refractivity contribution is 7.38. The van der Waals surface area contributed by atoms with Crippen LogP contribution in [0.1, 0.15) is 47.1 Å². The zero-order valence-electron chi connectivity index (χ0n) is 17.5. The summed E-state index contributed by atoms with van der Waals surface area (Å²) in [6, 6.07) is 7.08. The summed E-state index contributed by atoms with van der Waals surface area (Å²) in [5, 5.41) is 13.5. The molecule has 0 radical (unpaired) electrons. The number of benzene rings is 1. The van der Waals surface area contributed by atoms with E-state index in [4.69, 9.17) is 20.8 Å². The van der Waals surface area contributed by atoms with Gasteiger partial charge in [0.15, 0.2) is 22.7 Å². The highest BCUT2D eigenvalue weighted by atomic mass is 35.5. The first-order valence-electron chi connectivity index (χ1n) is 10.0. The van der Waals surface area contributed by atoms with E-state index < -0.39 is 23.6 Å². The zero-order chi connectivity index (χ0) is 23.9.